The van der Waals surface area contributed by atoms with Gasteiger partial charge in [-0.25, -0.2) is 0 Å². The second-order valence-electron chi connectivity index (χ2n) is 5.67. The number of nitro groups is 1. The Hall–Kier alpha value is -1.95. The van der Waals surface area contributed by atoms with Crippen LogP contribution in [0.25, 0.3) is 0 Å². The molecule has 0 spiro atoms. The number of hydrogen-bond acceptors (Lipinski definition) is 4. The van der Waals surface area contributed by atoms with Gasteiger partial charge in [0.25, 0.3) is 5.69 Å². The number of amides is 1. The molecule has 6 nitrogen and oxygen atoms in total. The fourth-order valence-electron chi connectivity index (χ4n) is 2.73. The molecular formula is C15H20N2O4. The summed E-state index contributed by atoms with van der Waals surface area (Å²) in [5, 5.41) is 23.7. The van der Waals surface area contributed by atoms with Crippen LogP contribution >= 0.6 is 0 Å². The minimum atomic E-state index is -0.884. The first-order chi connectivity index (χ1) is 9.98. The van der Waals surface area contributed by atoms with Crippen molar-refractivity contribution in [1.29, 1.82) is 0 Å². The zero-order valence-electron chi connectivity index (χ0n) is 11.9. The van der Waals surface area contributed by atoms with E-state index in [1.54, 1.807) is 12.1 Å². The summed E-state index contributed by atoms with van der Waals surface area (Å²) >= 11 is 0. The number of hydrogen-bond donors (Lipinski definition) is 2. The van der Waals surface area contributed by atoms with Gasteiger partial charge in [-0.3, -0.25) is 14.9 Å². The summed E-state index contributed by atoms with van der Waals surface area (Å²) in [5.41, 5.74) is -0.203. The molecule has 1 saturated carbocycles. The van der Waals surface area contributed by atoms with Crippen molar-refractivity contribution in [2.24, 2.45) is 0 Å². The molecule has 2 rings (SSSR count). The predicted molar refractivity (Wildman–Crippen MR) is 77.6 cm³/mol. The lowest BCUT2D eigenvalue weighted by atomic mass is 9.82. The van der Waals surface area contributed by atoms with E-state index in [-0.39, 0.29) is 24.6 Å². The second-order valence-corrected chi connectivity index (χ2v) is 5.67. The Bertz CT molecular complexity index is 524. The largest absolute Gasteiger partial charge is 0.389 e. The van der Waals surface area contributed by atoms with E-state index in [0.29, 0.717) is 18.4 Å². The number of carbonyl (C=O) groups excluding carboxylic acids is 1. The van der Waals surface area contributed by atoms with Crippen LogP contribution in [0.4, 0.5) is 5.69 Å². The number of rotatable bonds is 5. The molecule has 0 aromatic heterocycles. The fraction of sp³-hybridized carbons (Fsp3) is 0.533. The van der Waals surface area contributed by atoms with Crippen LogP contribution in [0.5, 0.6) is 0 Å². The molecular weight excluding hydrogens is 272 g/mol. The number of non-ortho nitro benzene ring substituents is 1. The molecule has 2 N–H and O–H groups in total. The van der Waals surface area contributed by atoms with Crippen LogP contribution in [0, 0.1) is 10.1 Å². The van der Waals surface area contributed by atoms with Crippen LogP contribution in [-0.2, 0) is 11.3 Å². The minimum Gasteiger partial charge on any atom is -0.389 e. The Morgan fingerprint density at radius 1 is 1.33 bits per heavy atom. The average Bonchev–Trinajstić information content (AvgIpc) is 2.46. The molecule has 0 atom stereocenters. The van der Waals surface area contributed by atoms with Gasteiger partial charge in [0.05, 0.1) is 16.9 Å². The zero-order chi connectivity index (χ0) is 15.3. The third-order valence-corrected chi connectivity index (χ3v) is 3.88. The smallest absolute Gasteiger partial charge is 0.269 e. The van der Waals surface area contributed by atoms with Gasteiger partial charge >= 0.3 is 0 Å². The molecule has 1 fully saturated rings. The van der Waals surface area contributed by atoms with Gasteiger partial charge < -0.3 is 10.4 Å². The van der Waals surface area contributed by atoms with Crippen LogP contribution in [-0.4, -0.2) is 21.5 Å². The van der Waals surface area contributed by atoms with Crippen molar-refractivity contribution in [2.45, 2.75) is 50.7 Å². The monoisotopic (exact) mass is 292 g/mol. The molecule has 21 heavy (non-hydrogen) atoms. The van der Waals surface area contributed by atoms with E-state index < -0.39 is 10.5 Å². The van der Waals surface area contributed by atoms with Crippen LogP contribution in [0.2, 0.25) is 0 Å². The predicted octanol–water partition coefficient (Wildman–Crippen LogP) is 2.30. The highest BCUT2D eigenvalue weighted by atomic mass is 16.6. The Kier molecular flexibility index (Phi) is 4.90. The fourth-order valence-corrected chi connectivity index (χ4v) is 2.73. The van der Waals surface area contributed by atoms with Gasteiger partial charge in [-0.15, -0.1) is 0 Å². The number of nitrogens with zero attached hydrogens (tertiary/aromatic N) is 1. The van der Waals surface area contributed by atoms with Crippen LogP contribution in [0.1, 0.15) is 44.1 Å². The molecule has 114 valence electrons. The molecule has 1 aliphatic carbocycles. The maximum absolute atomic E-state index is 11.9. The van der Waals surface area contributed by atoms with Gasteiger partial charge in [-0.05, 0) is 18.4 Å². The molecule has 1 aromatic rings. The SMILES string of the molecule is O=C(CC1(O)CCCCC1)NCc1cccc([N+](=O)[O-])c1. The first kappa shape index (κ1) is 15.4. The Morgan fingerprint density at radius 3 is 2.71 bits per heavy atom. The van der Waals surface area contributed by atoms with Gasteiger partial charge in [-0.2, -0.15) is 0 Å². The van der Waals surface area contributed by atoms with Crippen molar-refractivity contribution >= 4 is 11.6 Å². The topological polar surface area (TPSA) is 92.5 Å². The molecule has 1 amide bonds. The number of benzene rings is 1. The molecule has 0 aliphatic heterocycles. The normalized spacial score (nSPS) is 17.2. The van der Waals surface area contributed by atoms with Crippen molar-refractivity contribution in [3.05, 3.63) is 39.9 Å². The van der Waals surface area contributed by atoms with Crippen LogP contribution in [0.15, 0.2) is 24.3 Å². The summed E-state index contributed by atoms with van der Waals surface area (Å²) in [4.78, 5) is 22.1. The van der Waals surface area contributed by atoms with E-state index in [0.717, 1.165) is 19.3 Å². The van der Waals surface area contributed by atoms with Crippen molar-refractivity contribution in [3.8, 4) is 0 Å². The summed E-state index contributed by atoms with van der Waals surface area (Å²) in [7, 11) is 0. The number of carbonyl (C=O) groups is 1. The van der Waals surface area contributed by atoms with Crippen LogP contribution in [0.3, 0.4) is 0 Å². The quantitative estimate of drug-likeness (QED) is 0.643. The first-order valence-corrected chi connectivity index (χ1v) is 7.21. The summed E-state index contributed by atoms with van der Waals surface area (Å²) in [6.45, 7) is 0.233. The van der Waals surface area contributed by atoms with E-state index in [4.69, 9.17) is 0 Å². The molecule has 1 aromatic carbocycles. The molecule has 1 aliphatic rings. The maximum atomic E-state index is 11.9. The third-order valence-electron chi connectivity index (χ3n) is 3.88. The molecule has 0 saturated heterocycles. The summed E-state index contributed by atoms with van der Waals surface area (Å²) in [5.74, 6) is -0.217. The van der Waals surface area contributed by atoms with Gasteiger partial charge in [0.1, 0.15) is 0 Å². The minimum absolute atomic E-state index is 0.00709. The van der Waals surface area contributed by atoms with Gasteiger partial charge in [-0.1, -0.05) is 31.4 Å². The third kappa shape index (κ3) is 4.53. The summed E-state index contributed by atoms with van der Waals surface area (Å²) in [6.07, 6.45) is 4.44. The molecule has 6 heteroatoms. The zero-order valence-corrected chi connectivity index (χ0v) is 11.9. The lowest BCUT2D eigenvalue weighted by Gasteiger charge is -2.31. The van der Waals surface area contributed by atoms with E-state index in [1.807, 2.05) is 0 Å². The van der Waals surface area contributed by atoms with Crippen LogP contribution < -0.4 is 5.32 Å². The van der Waals surface area contributed by atoms with Gasteiger partial charge in [0, 0.05) is 18.7 Å². The molecule has 0 bridgehead atoms. The Labute approximate surface area is 123 Å². The standard InChI is InChI=1S/C15H20N2O4/c18-14(10-15(19)7-2-1-3-8-15)16-11-12-5-4-6-13(9-12)17(20)21/h4-6,9,19H,1-3,7-8,10-11H2,(H,16,18). The van der Waals surface area contributed by atoms with E-state index in [2.05, 4.69) is 5.32 Å². The van der Waals surface area contributed by atoms with Crippen molar-refractivity contribution in [1.82, 2.24) is 5.32 Å². The number of nitrogens with one attached hydrogen (secondary N) is 1. The number of aliphatic hydroxyl groups is 1. The van der Waals surface area contributed by atoms with Crippen molar-refractivity contribution in [3.63, 3.8) is 0 Å². The second kappa shape index (κ2) is 6.67. The number of nitro benzene ring substituents is 1. The average molecular weight is 292 g/mol. The van der Waals surface area contributed by atoms with Crippen molar-refractivity contribution in [2.75, 3.05) is 0 Å². The first-order valence-electron chi connectivity index (χ1n) is 7.21. The highest BCUT2D eigenvalue weighted by molar-refractivity contribution is 5.77. The Balaban J connectivity index is 1.86. The lowest BCUT2D eigenvalue weighted by molar-refractivity contribution is -0.384. The van der Waals surface area contributed by atoms with E-state index in [9.17, 15) is 20.0 Å². The Morgan fingerprint density at radius 2 is 2.05 bits per heavy atom. The highest BCUT2D eigenvalue weighted by Crippen LogP contribution is 2.30. The van der Waals surface area contributed by atoms with E-state index in [1.165, 1.54) is 12.1 Å². The van der Waals surface area contributed by atoms with E-state index >= 15 is 0 Å². The maximum Gasteiger partial charge on any atom is 0.269 e. The van der Waals surface area contributed by atoms with Gasteiger partial charge in [0.15, 0.2) is 0 Å². The molecule has 0 radical (unpaired) electrons. The molecule has 0 heterocycles. The summed E-state index contributed by atoms with van der Waals surface area (Å²) < 4.78 is 0. The summed E-state index contributed by atoms with van der Waals surface area (Å²) in [6, 6.07) is 6.17. The lowest BCUT2D eigenvalue weighted by Crippen LogP contribution is -2.38. The van der Waals surface area contributed by atoms with Crippen molar-refractivity contribution < 1.29 is 14.8 Å². The molecule has 0 unspecified atom stereocenters. The highest BCUT2D eigenvalue weighted by Gasteiger charge is 2.31. The van der Waals surface area contributed by atoms with Gasteiger partial charge in [0.2, 0.25) is 5.91 Å².